The van der Waals surface area contributed by atoms with Gasteiger partial charge in [0.1, 0.15) is 11.6 Å². The molecule has 0 aliphatic carbocycles. The maximum Gasteiger partial charge on any atom is 0.148 e. The average molecular weight is 1120 g/mol. The van der Waals surface area contributed by atoms with E-state index in [0.717, 1.165) is 55.7 Å². The third-order valence-corrected chi connectivity index (χ3v) is 13.2. The van der Waals surface area contributed by atoms with Gasteiger partial charge in [-0.25, -0.2) is 4.98 Å². The van der Waals surface area contributed by atoms with Crippen molar-refractivity contribution in [3.63, 3.8) is 0 Å². The largest absolute Gasteiger partial charge is 0.507 e. The predicted molar refractivity (Wildman–Crippen MR) is 294 cm³/mol. The number of fused-ring (bicyclic) bond motifs is 1. The van der Waals surface area contributed by atoms with Crippen LogP contribution in [0.4, 0.5) is 0 Å². The van der Waals surface area contributed by atoms with Gasteiger partial charge < -0.3 is 5.11 Å². The van der Waals surface area contributed by atoms with E-state index in [4.69, 9.17) is 22.3 Å². The van der Waals surface area contributed by atoms with Crippen LogP contribution in [0.25, 0.3) is 72.7 Å². The fourth-order valence-corrected chi connectivity index (χ4v) is 9.22. The monoisotopic (exact) mass is 1120 g/mol. The van der Waals surface area contributed by atoms with Crippen LogP contribution in [0.3, 0.4) is 0 Å². The van der Waals surface area contributed by atoms with Crippen LogP contribution in [-0.4, -0.2) is 19.6 Å². The molecular formula is C65H74N3OPt-. The Morgan fingerprint density at radius 3 is 1.81 bits per heavy atom. The molecule has 2 aromatic heterocycles. The number of imidazole rings is 1. The first kappa shape index (κ1) is 40.1. The molecule has 1 N–H and O–H groups in total. The number of phenols is 1. The number of hydrogen-bond donors (Lipinski definition) is 1. The summed E-state index contributed by atoms with van der Waals surface area (Å²) >= 11 is 0. The Balaban J connectivity index is 0.00000924. The fourth-order valence-electron chi connectivity index (χ4n) is 9.22. The van der Waals surface area contributed by atoms with Gasteiger partial charge in [0.25, 0.3) is 0 Å². The number of nitrogens with zero attached hydrogens (tertiary/aromatic N) is 3. The molecule has 2 heterocycles. The van der Waals surface area contributed by atoms with E-state index in [1.807, 2.05) is 38.1 Å². The number of hydrogen-bond acceptors (Lipinski definition) is 3. The van der Waals surface area contributed by atoms with Crippen LogP contribution in [0.1, 0.15) is 170 Å². The van der Waals surface area contributed by atoms with Crippen molar-refractivity contribution < 1.29 is 39.9 Å². The molecule has 5 heteroatoms. The van der Waals surface area contributed by atoms with Crippen molar-refractivity contribution in [2.45, 2.75) is 150 Å². The molecule has 366 valence electrons. The molecule has 0 amide bonds. The molecule has 0 radical (unpaired) electrons. The Morgan fingerprint density at radius 2 is 1.19 bits per heavy atom. The van der Waals surface area contributed by atoms with E-state index in [-0.39, 0.29) is 48.6 Å². The SMILES string of the molecule is [2H]C(C)(C)c1cc(-n2c(-c3cc(C(C)(C)C)cc(C(C)(C)C)c3O)nc3c(-c4[c-]c(-c5cc(-c6ccc(C(C([2H])([2H])[2H])(C([2H])([2H])[2H])C([2H])([2H])[2H])cc6)ccn5)cc(C(C)(C)C)c4)cccc32)ccc1-c1ccccc1C(C)(C)C.[Pt]. The van der Waals surface area contributed by atoms with Crippen molar-refractivity contribution in [2.24, 2.45) is 0 Å². The smallest absolute Gasteiger partial charge is 0.148 e. The molecular weight excluding hydrogens is 1030 g/mol. The third-order valence-electron chi connectivity index (χ3n) is 13.2. The Hall–Kier alpha value is -5.57. The van der Waals surface area contributed by atoms with Crippen LogP contribution in [-0.2, 0) is 48.1 Å². The number of phenolic OH excluding ortho intramolecular Hbond substituents is 1. The first-order chi connectivity index (χ1) is 36.2. The molecule has 0 bridgehead atoms. The first-order valence-electron chi connectivity index (χ1n) is 29.0. The van der Waals surface area contributed by atoms with E-state index in [1.165, 1.54) is 17.7 Å². The van der Waals surface area contributed by atoms with E-state index < -0.39 is 37.3 Å². The molecule has 0 fully saturated rings. The second kappa shape index (κ2) is 18.9. The summed E-state index contributed by atoms with van der Waals surface area (Å²) in [7, 11) is 0. The zero-order chi connectivity index (χ0) is 58.6. The fraction of sp³-hybridized carbons (Fsp3) is 0.354. The second-order valence-electron chi connectivity index (χ2n) is 23.1. The van der Waals surface area contributed by atoms with Crippen LogP contribution >= 0.6 is 0 Å². The van der Waals surface area contributed by atoms with Gasteiger partial charge in [0, 0.05) is 57.9 Å². The summed E-state index contributed by atoms with van der Waals surface area (Å²) in [5.41, 5.74) is 9.11. The van der Waals surface area contributed by atoms with Crippen molar-refractivity contribution in [1.82, 2.24) is 14.5 Å². The van der Waals surface area contributed by atoms with Crippen LogP contribution in [0, 0.1) is 6.07 Å². The van der Waals surface area contributed by atoms with Gasteiger partial charge in [-0.3, -0.25) is 9.55 Å². The van der Waals surface area contributed by atoms with Crippen molar-refractivity contribution in [3.05, 3.63) is 167 Å². The number of rotatable bonds is 7. The first-order valence-corrected chi connectivity index (χ1v) is 24.0. The Labute approximate surface area is 448 Å². The van der Waals surface area contributed by atoms with Gasteiger partial charge in [-0.1, -0.05) is 207 Å². The Morgan fingerprint density at radius 1 is 0.557 bits per heavy atom. The normalized spacial score (nSPS) is 15.5. The number of pyridine rings is 1. The topological polar surface area (TPSA) is 50.9 Å². The van der Waals surface area contributed by atoms with Crippen molar-refractivity contribution in [2.75, 3.05) is 0 Å². The van der Waals surface area contributed by atoms with Crippen LogP contribution in [0.15, 0.2) is 128 Å². The minimum absolute atomic E-state index is 0. The van der Waals surface area contributed by atoms with E-state index in [2.05, 4.69) is 160 Å². The molecule has 6 aromatic carbocycles. The molecule has 0 spiro atoms. The standard InChI is InChI=1S/C65H74N3O.Pt/c1-40(2)52-39-48(29-30-50(52)51-21-18-19-23-54(51)64(12,13)14)68-57-24-20-22-49(58(57)67-60(68)53-37-47(63(9,10)11)38-55(59(53)69)65(15,16)17)43-33-44(35-46(34-43)62(6,7)8)56-36-42(31-32-66-56)41-25-27-45(28-26-41)61(3,4)5;/h18-32,34-40,69H,1-17H3;/q-1;/i3D3,4D3,5D3,40D;. The summed E-state index contributed by atoms with van der Waals surface area (Å²) in [5.74, 6) is -0.343. The van der Waals surface area contributed by atoms with Crippen LogP contribution in [0.5, 0.6) is 5.75 Å². The third kappa shape index (κ3) is 10.4. The molecule has 4 nitrogen and oxygen atoms in total. The zero-order valence-electron chi connectivity index (χ0n) is 53.2. The second-order valence-corrected chi connectivity index (χ2v) is 23.1. The summed E-state index contributed by atoms with van der Waals surface area (Å²) in [6.07, 6.45) is 1.66. The molecule has 70 heavy (non-hydrogen) atoms. The molecule has 0 aliphatic rings. The summed E-state index contributed by atoms with van der Waals surface area (Å²) < 4.78 is 85.8. The van der Waals surface area contributed by atoms with E-state index in [1.54, 1.807) is 24.4 Å². The van der Waals surface area contributed by atoms with Crippen LogP contribution < -0.4 is 0 Å². The number of benzene rings is 6. The average Bonchev–Trinajstić information content (AvgIpc) is 3.71. The quantitative estimate of drug-likeness (QED) is 0.162. The minimum atomic E-state index is -3.38. The van der Waals surface area contributed by atoms with Gasteiger partial charge in [-0.05, 0) is 108 Å². The zero-order valence-corrected chi connectivity index (χ0v) is 45.5. The number of aromatic nitrogens is 3. The van der Waals surface area contributed by atoms with Crippen LogP contribution in [0.2, 0.25) is 0 Å². The Kier molecular flexibility index (Phi) is 10.8. The molecule has 0 unspecified atom stereocenters. The van der Waals surface area contributed by atoms with Gasteiger partial charge in [0.2, 0.25) is 0 Å². The summed E-state index contributed by atoms with van der Waals surface area (Å²) in [5, 5.41) is 12.6. The van der Waals surface area contributed by atoms with Gasteiger partial charge in [-0.15, -0.1) is 29.3 Å². The van der Waals surface area contributed by atoms with Gasteiger partial charge in [0.15, 0.2) is 0 Å². The summed E-state index contributed by atoms with van der Waals surface area (Å²) in [6.45, 7) is 19.5. The minimum Gasteiger partial charge on any atom is -0.507 e. The molecule has 0 saturated heterocycles. The van der Waals surface area contributed by atoms with Crippen molar-refractivity contribution in [3.8, 4) is 67.5 Å². The van der Waals surface area contributed by atoms with E-state index >= 15 is 0 Å². The van der Waals surface area contributed by atoms with Gasteiger partial charge in [0.05, 0.1) is 16.6 Å². The predicted octanol–water partition coefficient (Wildman–Crippen LogP) is 17.9. The molecule has 8 aromatic rings. The summed E-state index contributed by atoms with van der Waals surface area (Å²) in [4.78, 5) is 10.4. The number of para-hydroxylation sites is 1. The van der Waals surface area contributed by atoms with E-state index in [0.29, 0.717) is 39.3 Å². The molecule has 8 rings (SSSR count). The molecule has 0 aliphatic heterocycles. The maximum atomic E-state index is 12.6. The van der Waals surface area contributed by atoms with E-state index in [9.17, 15) is 6.48 Å². The van der Waals surface area contributed by atoms with Gasteiger partial charge >= 0.3 is 0 Å². The van der Waals surface area contributed by atoms with Crippen molar-refractivity contribution >= 4 is 11.0 Å². The van der Waals surface area contributed by atoms with Gasteiger partial charge in [-0.2, -0.15) is 0 Å². The molecule has 0 saturated carbocycles. The maximum absolute atomic E-state index is 12.6. The molecule has 0 atom stereocenters. The Bertz CT molecular complexity index is 3570. The summed E-state index contributed by atoms with van der Waals surface area (Å²) in [6, 6.07) is 42.2. The van der Waals surface area contributed by atoms with Crippen molar-refractivity contribution in [1.29, 1.82) is 0 Å². The number of aromatic hydroxyl groups is 1.